The van der Waals surface area contributed by atoms with Crippen LogP contribution < -0.4 is 14.8 Å². The van der Waals surface area contributed by atoms with Crippen molar-refractivity contribution < 1.29 is 19.1 Å². The lowest BCUT2D eigenvalue weighted by Crippen LogP contribution is -2.45. The van der Waals surface area contributed by atoms with Gasteiger partial charge in [-0.3, -0.25) is 4.79 Å². The molecule has 1 aliphatic rings. The highest BCUT2D eigenvalue weighted by atomic mass is 79.9. The van der Waals surface area contributed by atoms with Crippen LogP contribution >= 0.6 is 27.3 Å². The molecule has 0 spiro atoms. The van der Waals surface area contributed by atoms with Gasteiger partial charge in [0.05, 0.1) is 20.8 Å². The third-order valence-electron chi connectivity index (χ3n) is 6.26. The van der Waals surface area contributed by atoms with Crippen LogP contribution in [0.2, 0.25) is 0 Å². The molecule has 7 nitrogen and oxygen atoms in total. The maximum absolute atomic E-state index is 13.6. The van der Waals surface area contributed by atoms with Crippen molar-refractivity contribution in [3.8, 4) is 11.5 Å². The van der Waals surface area contributed by atoms with Gasteiger partial charge in [-0.05, 0) is 80.3 Å². The van der Waals surface area contributed by atoms with Gasteiger partial charge in [-0.1, -0.05) is 22.0 Å². The zero-order chi connectivity index (χ0) is 26.4. The van der Waals surface area contributed by atoms with Crippen LogP contribution in [0, 0.1) is 6.92 Å². The Bertz CT molecular complexity index is 1230. The van der Waals surface area contributed by atoms with E-state index in [4.69, 9.17) is 9.47 Å². The number of ether oxygens (including phenoxy) is 2. The Kier molecular flexibility index (Phi) is 9.10. The second-order valence-corrected chi connectivity index (χ2v) is 11.4. The first-order valence-electron chi connectivity index (χ1n) is 12.2. The van der Waals surface area contributed by atoms with Gasteiger partial charge >= 0.3 is 6.03 Å². The number of methoxy groups -OCH3 is 2. The van der Waals surface area contributed by atoms with Crippen LogP contribution in [0.25, 0.3) is 0 Å². The molecule has 37 heavy (non-hydrogen) atoms. The molecule has 1 heterocycles. The van der Waals surface area contributed by atoms with Gasteiger partial charge in [0.1, 0.15) is 6.54 Å². The average Bonchev–Trinajstić information content (AvgIpc) is 3.66. The Hall–Kier alpha value is -3.04. The molecule has 4 rings (SSSR count). The van der Waals surface area contributed by atoms with Crippen molar-refractivity contribution in [2.75, 3.05) is 32.6 Å². The minimum Gasteiger partial charge on any atom is -0.493 e. The smallest absolute Gasteiger partial charge is 0.322 e. The van der Waals surface area contributed by atoms with E-state index in [9.17, 15) is 9.59 Å². The standard InChI is InChI=1S/C28H32BrN3O4S/c1-19-4-12-24(37-19)17-31(15-14-20-5-13-25(35-2)26(16-20)36-3)27(33)18-32(23-10-11-23)28(34)30-22-8-6-21(29)7-9-22/h4-9,12-13,16,23H,10-11,14-15,17-18H2,1-3H3,(H,30,34). The topological polar surface area (TPSA) is 71.1 Å². The lowest BCUT2D eigenvalue weighted by Gasteiger charge is -2.28. The van der Waals surface area contributed by atoms with E-state index in [1.165, 1.54) is 4.88 Å². The Morgan fingerprint density at radius 2 is 1.76 bits per heavy atom. The number of hydrogen-bond donors (Lipinski definition) is 1. The van der Waals surface area contributed by atoms with Gasteiger partial charge in [0.15, 0.2) is 11.5 Å². The molecule has 3 aromatic rings. The van der Waals surface area contributed by atoms with Crippen molar-refractivity contribution in [1.29, 1.82) is 0 Å². The van der Waals surface area contributed by atoms with Crippen molar-refractivity contribution in [3.63, 3.8) is 0 Å². The molecule has 1 aliphatic carbocycles. The SMILES string of the molecule is COc1ccc(CCN(Cc2ccc(C)s2)C(=O)CN(C(=O)Nc2ccc(Br)cc2)C2CC2)cc1OC. The van der Waals surface area contributed by atoms with Gasteiger partial charge in [0.25, 0.3) is 0 Å². The first kappa shape index (κ1) is 27.0. The highest BCUT2D eigenvalue weighted by molar-refractivity contribution is 9.10. The van der Waals surface area contributed by atoms with Gasteiger partial charge in [-0.2, -0.15) is 0 Å². The van der Waals surface area contributed by atoms with Crippen LogP contribution in [0.1, 0.15) is 28.2 Å². The number of urea groups is 1. The van der Waals surface area contributed by atoms with E-state index < -0.39 is 0 Å². The zero-order valence-corrected chi connectivity index (χ0v) is 23.7. The number of thiophene rings is 1. The Labute approximate surface area is 230 Å². The third-order valence-corrected chi connectivity index (χ3v) is 7.78. The largest absolute Gasteiger partial charge is 0.493 e. The molecule has 0 atom stereocenters. The summed E-state index contributed by atoms with van der Waals surface area (Å²) in [5, 5.41) is 2.94. The van der Waals surface area contributed by atoms with Gasteiger partial charge in [-0.25, -0.2) is 4.79 Å². The van der Waals surface area contributed by atoms with Crippen molar-refractivity contribution in [2.45, 2.75) is 38.8 Å². The number of benzene rings is 2. The van der Waals surface area contributed by atoms with Crippen molar-refractivity contribution in [3.05, 3.63) is 74.4 Å². The summed E-state index contributed by atoms with van der Waals surface area (Å²) in [5.41, 5.74) is 1.75. The van der Waals surface area contributed by atoms with Crippen LogP contribution in [0.3, 0.4) is 0 Å². The highest BCUT2D eigenvalue weighted by Gasteiger charge is 2.35. The van der Waals surface area contributed by atoms with Crippen LogP contribution in [0.4, 0.5) is 10.5 Å². The van der Waals surface area contributed by atoms with Crippen molar-refractivity contribution in [1.82, 2.24) is 9.80 Å². The van der Waals surface area contributed by atoms with E-state index in [0.717, 1.165) is 27.8 Å². The Morgan fingerprint density at radius 3 is 2.38 bits per heavy atom. The maximum atomic E-state index is 13.6. The zero-order valence-electron chi connectivity index (χ0n) is 21.3. The second kappa shape index (κ2) is 12.5. The molecule has 0 saturated heterocycles. The number of anilines is 1. The fourth-order valence-corrected chi connectivity index (χ4v) is 5.25. The van der Waals surface area contributed by atoms with Crippen LogP contribution in [0.5, 0.6) is 11.5 Å². The summed E-state index contributed by atoms with van der Waals surface area (Å²) in [6.07, 6.45) is 2.48. The number of carbonyl (C=O) groups excluding carboxylic acids is 2. The number of carbonyl (C=O) groups is 2. The number of halogens is 1. The maximum Gasteiger partial charge on any atom is 0.322 e. The molecule has 0 radical (unpaired) electrons. The summed E-state index contributed by atoms with van der Waals surface area (Å²) >= 11 is 5.10. The second-order valence-electron chi connectivity index (χ2n) is 9.06. The number of amides is 3. The van der Waals surface area contributed by atoms with Crippen LogP contribution in [-0.2, 0) is 17.8 Å². The quantitative estimate of drug-likeness (QED) is 0.295. The van der Waals surface area contributed by atoms with E-state index >= 15 is 0 Å². The highest BCUT2D eigenvalue weighted by Crippen LogP contribution is 2.29. The predicted molar refractivity (Wildman–Crippen MR) is 151 cm³/mol. The molecule has 1 fully saturated rings. The summed E-state index contributed by atoms with van der Waals surface area (Å²) in [4.78, 5) is 32.6. The molecule has 1 aromatic heterocycles. The molecule has 0 unspecified atom stereocenters. The Morgan fingerprint density at radius 1 is 1.03 bits per heavy atom. The lowest BCUT2D eigenvalue weighted by atomic mass is 10.1. The van der Waals surface area contributed by atoms with E-state index in [1.807, 2.05) is 47.4 Å². The molecule has 1 N–H and O–H groups in total. The summed E-state index contributed by atoms with van der Waals surface area (Å²) in [6, 6.07) is 17.2. The van der Waals surface area contributed by atoms with Gasteiger partial charge in [0, 0.05) is 32.5 Å². The number of aryl methyl sites for hydroxylation is 1. The molecule has 2 aromatic carbocycles. The van der Waals surface area contributed by atoms with Crippen LogP contribution in [0.15, 0.2) is 59.1 Å². The minimum atomic E-state index is -0.245. The van der Waals surface area contributed by atoms with E-state index in [-0.39, 0.29) is 24.5 Å². The van der Waals surface area contributed by atoms with Crippen molar-refractivity contribution >= 4 is 44.9 Å². The molecular weight excluding hydrogens is 554 g/mol. The summed E-state index contributed by atoms with van der Waals surface area (Å²) < 4.78 is 11.7. The third kappa shape index (κ3) is 7.49. The van der Waals surface area contributed by atoms with E-state index in [0.29, 0.717) is 36.7 Å². The number of rotatable bonds is 11. The average molecular weight is 587 g/mol. The fraction of sp³-hybridized carbons (Fsp3) is 0.357. The summed E-state index contributed by atoms with van der Waals surface area (Å²) in [5.74, 6) is 1.27. The van der Waals surface area contributed by atoms with Crippen LogP contribution in [-0.4, -0.2) is 55.1 Å². The fourth-order valence-electron chi connectivity index (χ4n) is 4.08. The molecular formula is C28H32BrN3O4S. The summed E-state index contributed by atoms with van der Waals surface area (Å²) in [6.45, 7) is 3.14. The number of nitrogens with zero attached hydrogens (tertiary/aromatic N) is 2. The Balaban J connectivity index is 1.47. The summed E-state index contributed by atoms with van der Waals surface area (Å²) in [7, 11) is 3.22. The van der Waals surface area contributed by atoms with Gasteiger partial charge < -0.3 is 24.6 Å². The molecule has 3 amide bonds. The predicted octanol–water partition coefficient (Wildman–Crippen LogP) is 6.10. The normalized spacial score (nSPS) is 12.6. The minimum absolute atomic E-state index is 0.0450. The monoisotopic (exact) mass is 585 g/mol. The molecule has 196 valence electrons. The number of nitrogens with one attached hydrogen (secondary N) is 1. The van der Waals surface area contributed by atoms with E-state index in [2.05, 4.69) is 40.3 Å². The molecule has 9 heteroatoms. The molecule has 0 aliphatic heterocycles. The molecule has 1 saturated carbocycles. The molecule has 0 bridgehead atoms. The lowest BCUT2D eigenvalue weighted by molar-refractivity contribution is -0.132. The van der Waals surface area contributed by atoms with Gasteiger partial charge in [-0.15, -0.1) is 11.3 Å². The van der Waals surface area contributed by atoms with E-state index in [1.54, 1.807) is 30.5 Å². The van der Waals surface area contributed by atoms with Gasteiger partial charge in [0.2, 0.25) is 5.91 Å². The first-order chi connectivity index (χ1) is 17.9. The number of hydrogen-bond acceptors (Lipinski definition) is 5. The first-order valence-corrected chi connectivity index (χ1v) is 13.8. The van der Waals surface area contributed by atoms with Crippen molar-refractivity contribution in [2.24, 2.45) is 0 Å².